The first-order valence-electron chi connectivity index (χ1n) is 13.1. The van der Waals surface area contributed by atoms with Crippen LogP contribution in [0, 0.1) is 17.7 Å². The molecule has 0 aliphatic carbocycles. The van der Waals surface area contributed by atoms with Crippen molar-refractivity contribution >= 4 is 23.2 Å². The Balaban J connectivity index is 1.50. The van der Waals surface area contributed by atoms with Crippen LogP contribution in [0.2, 0.25) is 0 Å². The van der Waals surface area contributed by atoms with Crippen molar-refractivity contribution in [3.63, 3.8) is 0 Å². The molecule has 5 rings (SSSR count). The van der Waals surface area contributed by atoms with E-state index in [9.17, 15) is 14.0 Å². The van der Waals surface area contributed by atoms with Gasteiger partial charge in [-0.15, -0.1) is 0 Å². The molecule has 2 aliphatic rings. The molecule has 1 aromatic carbocycles. The Kier molecular flexibility index (Phi) is 7.84. The zero-order valence-electron chi connectivity index (χ0n) is 22.7. The average molecular weight is 543 g/mol. The van der Waals surface area contributed by atoms with E-state index < -0.39 is 5.82 Å². The zero-order chi connectivity index (χ0) is 28.2. The molecule has 1 atom stereocenters. The van der Waals surface area contributed by atoms with Crippen molar-refractivity contribution in [3.8, 4) is 28.8 Å². The Hall–Kier alpha value is -4.62. The number of likely N-dealkylation sites (tertiary alicyclic amines) is 1. The summed E-state index contributed by atoms with van der Waals surface area (Å²) in [6.07, 6.45) is 8.16. The standard InChI is InChI=1S/C30H31FN6O3/c1-36(2)16-5-8-25(38)37-17-13-20(37)10-9-19-18-32-14-11-21(19)27-28(26-23(34-27)12-15-33-30(26)39)35-24-7-4-6-22(31)29(24)40-3/h4-8,11,14,18,20,34-35H,12-13,15-17H2,1-3H3,(H,33,39)/b8-5+/t20-/m0/s1. The van der Waals surface area contributed by atoms with E-state index in [1.54, 1.807) is 35.5 Å². The number of pyridine rings is 1. The molecule has 4 heterocycles. The molecule has 0 saturated carbocycles. The number of benzene rings is 1. The van der Waals surface area contributed by atoms with E-state index in [1.165, 1.54) is 13.2 Å². The lowest BCUT2D eigenvalue weighted by molar-refractivity contribution is -0.131. The second-order valence-electron chi connectivity index (χ2n) is 9.87. The number of carbonyl (C=O) groups is 2. The van der Waals surface area contributed by atoms with Gasteiger partial charge < -0.3 is 30.2 Å². The van der Waals surface area contributed by atoms with E-state index in [4.69, 9.17) is 4.74 Å². The average Bonchev–Trinajstić information content (AvgIpc) is 3.27. The molecule has 0 spiro atoms. The third-order valence-corrected chi connectivity index (χ3v) is 6.89. The fraction of sp³-hybridized carbons (Fsp3) is 0.300. The summed E-state index contributed by atoms with van der Waals surface area (Å²) in [4.78, 5) is 37.0. The molecule has 2 aromatic heterocycles. The highest BCUT2D eigenvalue weighted by molar-refractivity contribution is 6.06. The van der Waals surface area contributed by atoms with Gasteiger partial charge in [0.2, 0.25) is 5.91 Å². The normalized spacial score (nSPS) is 16.2. The van der Waals surface area contributed by atoms with Crippen LogP contribution in [-0.4, -0.2) is 78.5 Å². The minimum atomic E-state index is -0.519. The van der Waals surface area contributed by atoms with E-state index in [-0.39, 0.29) is 23.6 Å². The Morgan fingerprint density at radius 1 is 1.35 bits per heavy atom. The summed E-state index contributed by atoms with van der Waals surface area (Å²) < 4.78 is 19.8. The van der Waals surface area contributed by atoms with Gasteiger partial charge in [0, 0.05) is 55.8 Å². The van der Waals surface area contributed by atoms with Crippen LogP contribution < -0.4 is 15.4 Å². The third kappa shape index (κ3) is 5.42. The number of aromatic amines is 1. The number of carbonyl (C=O) groups excluding carboxylic acids is 2. The quantitative estimate of drug-likeness (QED) is 0.313. The van der Waals surface area contributed by atoms with Gasteiger partial charge in [-0.2, -0.15) is 0 Å². The number of aromatic nitrogens is 2. The number of anilines is 2. The molecule has 40 heavy (non-hydrogen) atoms. The third-order valence-electron chi connectivity index (χ3n) is 6.89. The summed E-state index contributed by atoms with van der Waals surface area (Å²) in [5.74, 6) is 5.68. The number of nitrogens with one attached hydrogen (secondary N) is 3. The molecule has 1 saturated heterocycles. The van der Waals surface area contributed by atoms with Crippen LogP contribution in [0.1, 0.15) is 28.0 Å². The van der Waals surface area contributed by atoms with E-state index in [0.717, 1.165) is 17.7 Å². The molecule has 9 nitrogen and oxygen atoms in total. The number of nitrogens with zero attached hydrogens (tertiary/aromatic N) is 3. The Labute approximate surface area is 232 Å². The number of H-pyrrole nitrogens is 1. The maximum absolute atomic E-state index is 14.5. The highest BCUT2D eigenvalue weighted by Gasteiger charge is 2.30. The number of hydrogen-bond acceptors (Lipinski definition) is 6. The summed E-state index contributed by atoms with van der Waals surface area (Å²) in [6, 6.07) is 6.20. The Morgan fingerprint density at radius 2 is 2.20 bits per heavy atom. The van der Waals surface area contributed by atoms with Gasteiger partial charge in [-0.05, 0) is 38.7 Å². The minimum Gasteiger partial charge on any atom is -0.492 e. The van der Waals surface area contributed by atoms with Crippen LogP contribution >= 0.6 is 0 Å². The molecule has 2 aliphatic heterocycles. The van der Waals surface area contributed by atoms with Gasteiger partial charge >= 0.3 is 0 Å². The molecule has 10 heteroatoms. The van der Waals surface area contributed by atoms with Crippen molar-refractivity contribution in [2.24, 2.45) is 0 Å². The monoisotopic (exact) mass is 542 g/mol. The van der Waals surface area contributed by atoms with E-state index >= 15 is 0 Å². The predicted molar refractivity (Wildman–Crippen MR) is 151 cm³/mol. The van der Waals surface area contributed by atoms with Crippen LogP contribution in [0.3, 0.4) is 0 Å². The van der Waals surface area contributed by atoms with Gasteiger partial charge in [0.15, 0.2) is 11.6 Å². The van der Waals surface area contributed by atoms with Gasteiger partial charge in [-0.1, -0.05) is 24.0 Å². The lowest BCUT2D eigenvalue weighted by atomic mass is 10.0. The van der Waals surface area contributed by atoms with Crippen LogP contribution in [0.15, 0.2) is 48.8 Å². The van der Waals surface area contributed by atoms with Gasteiger partial charge in [-0.3, -0.25) is 14.6 Å². The highest BCUT2D eigenvalue weighted by atomic mass is 19.1. The fourth-order valence-corrected chi connectivity index (χ4v) is 4.79. The predicted octanol–water partition coefficient (Wildman–Crippen LogP) is 3.32. The summed E-state index contributed by atoms with van der Waals surface area (Å²) in [6.45, 7) is 1.85. The van der Waals surface area contributed by atoms with Crippen LogP contribution in [-0.2, 0) is 11.2 Å². The van der Waals surface area contributed by atoms with Crippen LogP contribution in [0.4, 0.5) is 15.8 Å². The van der Waals surface area contributed by atoms with E-state index in [2.05, 4.69) is 32.4 Å². The molecule has 2 amide bonds. The van der Waals surface area contributed by atoms with Crippen LogP contribution in [0.25, 0.3) is 11.3 Å². The molecular formula is C30H31FN6O3. The smallest absolute Gasteiger partial charge is 0.255 e. The first-order valence-corrected chi connectivity index (χ1v) is 13.1. The summed E-state index contributed by atoms with van der Waals surface area (Å²) in [5, 5.41) is 6.13. The number of likely N-dealkylation sites (N-methyl/N-ethyl adjacent to an activating group) is 1. The van der Waals surface area contributed by atoms with E-state index in [1.807, 2.05) is 31.1 Å². The summed E-state index contributed by atoms with van der Waals surface area (Å²) in [7, 11) is 5.29. The number of fused-ring (bicyclic) bond motifs is 1. The van der Waals surface area contributed by atoms with Crippen molar-refractivity contribution in [3.05, 3.63) is 71.4 Å². The number of hydrogen-bond donors (Lipinski definition) is 3. The molecule has 0 bridgehead atoms. The summed E-state index contributed by atoms with van der Waals surface area (Å²) in [5.41, 5.74) is 4.11. The molecule has 206 valence electrons. The van der Waals surface area contributed by atoms with Crippen LogP contribution in [0.5, 0.6) is 5.75 Å². The number of rotatable bonds is 7. The molecule has 3 aromatic rings. The first kappa shape index (κ1) is 27.0. The number of para-hydroxylation sites is 1. The lowest BCUT2D eigenvalue weighted by Gasteiger charge is -2.36. The molecule has 0 unspecified atom stereocenters. The summed E-state index contributed by atoms with van der Waals surface area (Å²) >= 11 is 0. The zero-order valence-corrected chi connectivity index (χ0v) is 22.7. The highest BCUT2D eigenvalue weighted by Crippen LogP contribution is 2.40. The van der Waals surface area contributed by atoms with Gasteiger partial charge in [-0.25, -0.2) is 4.39 Å². The van der Waals surface area contributed by atoms with Crippen molar-refractivity contribution in [2.45, 2.75) is 18.9 Å². The van der Waals surface area contributed by atoms with Gasteiger partial charge in [0.05, 0.1) is 41.3 Å². The van der Waals surface area contributed by atoms with Crippen molar-refractivity contribution in [1.82, 2.24) is 25.1 Å². The largest absolute Gasteiger partial charge is 0.492 e. The maximum atomic E-state index is 14.5. The first-order chi connectivity index (χ1) is 19.4. The van der Waals surface area contributed by atoms with E-state index in [0.29, 0.717) is 54.3 Å². The Bertz CT molecular complexity index is 1530. The minimum absolute atomic E-state index is 0.0451. The number of methoxy groups -OCH3 is 1. The van der Waals surface area contributed by atoms with Gasteiger partial charge in [0.1, 0.15) is 0 Å². The lowest BCUT2D eigenvalue weighted by Crippen LogP contribution is -2.49. The molecule has 3 N–H and O–H groups in total. The molecule has 0 radical (unpaired) electrons. The fourth-order valence-electron chi connectivity index (χ4n) is 4.79. The topological polar surface area (TPSA) is 103 Å². The van der Waals surface area contributed by atoms with Crippen molar-refractivity contribution in [2.75, 3.05) is 46.2 Å². The Morgan fingerprint density at radius 3 is 2.95 bits per heavy atom. The molecule has 1 fully saturated rings. The maximum Gasteiger partial charge on any atom is 0.255 e. The SMILES string of the molecule is COc1c(F)cccc1Nc1c(-c2ccncc2C#C[C@H]2CCN2C(=O)/C=C/CN(C)C)[nH]c2c1C(=O)NCC2. The number of amides is 2. The second kappa shape index (κ2) is 11.6. The van der Waals surface area contributed by atoms with Gasteiger partial charge in [0.25, 0.3) is 5.91 Å². The van der Waals surface area contributed by atoms with Crippen molar-refractivity contribution < 1.29 is 18.7 Å². The number of ether oxygens (including phenoxy) is 1. The molecular weight excluding hydrogens is 511 g/mol. The van der Waals surface area contributed by atoms with Crippen molar-refractivity contribution in [1.29, 1.82) is 0 Å². The second-order valence-corrected chi connectivity index (χ2v) is 9.87. The number of halogens is 1.